The molecule has 0 radical (unpaired) electrons. The summed E-state index contributed by atoms with van der Waals surface area (Å²) in [6.45, 7) is 2.25. The SMILES string of the molecule is CC(NC1CCCC=CN1)c1cccc2ccccc12. The number of hydrogen-bond donors (Lipinski definition) is 2. The van der Waals surface area contributed by atoms with Gasteiger partial charge < -0.3 is 5.32 Å². The largest absolute Gasteiger partial charge is 0.376 e. The van der Waals surface area contributed by atoms with Crippen LogP contribution in [0.1, 0.15) is 37.8 Å². The Bertz CT molecular complexity index is 598. The molecule has 2 unspecified atom stereocenters. The van der Waals surface area contributed by atoms with E-state index in [1.807, 2.05) is 0 Å². The zero-order valence-electron chi connectivity index (χ0n) is 12.0. The highest BCUT2D eigenvalue weighted by Gasteiger charge is 2.14. The summed E-state index contributed by atoms with van der Waals surface area (Å²) in [6.07, 6.45) is 8.24. The van der Waals surface area contributed by atoms with Gasteiger partial charge >= 0.3 is 0 Å². The summed E-state index contributed by atoms with van der Waals surface area (Å²) in [4.78, 5) is 0. The van der Waals surface area contributed by atoms with Crippen molar-refractivity contribution in [3.05, 3.63) is 60.3 Å². The summed E-state index contributed by atoms with van der Waals surface area (Å²) in [7, 11) is 0. The van der Waals surface area contributed by atoms with Gasteiger partial charge in [-0.2, -0.15) is 0 Å². The summed E-state index contributed by atoms with van der Waals surface area (Å²) in [5.74, 6) is 0. The first-order valence-electron chi connectivity index (χ1n) is 7.49. The molecule has 2 nitrogen and oxygen atoms in total. The van der Waals surface area contributed by atoms with Gasteiger partial charge in [0.2, 0.25) is 0 Å². The van der Waals surface area contributed by atoms with E-state index in [1.165, 1.54) is 35.6 Å². The molecule has 0 bridgehead atoms. The highest BCUT2D eigenvalue weighted by molar-refractivity contribution is 5.86. The predicted molar refractivity (Wildman–Crippen MR) is 85.4 cm³/mol. The minimum Gasteiger partial charge on any atom is -0.376 e. The Morgan fingerprint density at radius 1 is 1.15 bits per heavy atom. The van der Waals surface area contributed by atoms with Crippen molar-refractivity contribution < 1.29 is 0 Å². The molecular formula is C18H22N2. The van der Waals surface area contributed by atoms with Crippen LogP contribution >= 0.6 is 0 Å². The van der Waals surface area contributed by atoms with Gasteiger partial charge in [0, 0.05) is 6.04 Å². The molecule has 1 aliphatic heterocycles. The summed E-state index contributed by atoms with van der Waals surface area (Å²) < 4.78 is 0. The van der Waals surface area contributed by atoms with E-state index in [0.717, 1.165) is 0 Å². The zero-order chi connectivity index (χ0) is 13.8. The lowest BCUT2D eigenvalue weighted by Gasteiger charge is -2.24. The van der Waals surface area contributed by atoms with Gasteiger partial charge in [-0.15, -0.1) is 0 Å². The maximum atomic E-state index is 3.70. The van der Waals surface area contributed by atoms with E-state index >= 15 is 0 Å². The van der Waals surface area contributed by atoms with Crippen LogP contribution in [0.5, 0.6) is 0 Å². The fourth-order valence-electron chi connectivity index (χ4n) is 2.94. The summed E-state index contributed by atoms with van der Waals surface area (Å²) in [6, 6.07) is 15.5. The van der Waals surface area contributed by atoms with E-state index in [0.29, 0.717) is 12.2 Å². The Balaban J connectivity index is 1.81. The van der Waals surface area contributed by atoms with Crippen molar-refractivity contribution in [2.45, 2.75) is 38.4 Å². The number of fused-ring (bicyclic) bond motifs is 1. The Morgan fingerprint density at radius 3 is 2.95 bits per heavy atom. The fourth-order valence-corrected chi connectivity index (χ4v) is 2.94. The van der Waals surface area contributed by atoms with Crippen LogP contribution < -0.4 is 10.6 Å². The van der Waals surface area contributed by atoms with E-state index in [2.05, 4.69) is 72.3 Å². The summed E-state index contributed by atoms with van der Waals surface area (Å²) in [5.41, 5.74) is 1.37. The molecule has 2 N–H and O–H groups in total. The third-order valence-electron chi connectivity index (χ3n) is 4.02. The normalized spacial score (nSPS) is 20.4. The molecule has 2 aromatic rings. The predicted octanol–water partition coefficient (Wildman–Crippen LogP) is 4.10. The minimum atomic E-state index is 0.338. The van der Waals surface area contributed by atoms with Crippen molar-refractivity contribution in [1.82, 2.24) is 10.6 Å². The third kappa shape index (κ3) is 2.86. The second-order valence-corrected chi connectivity index (χ2v) is 5.51. The molecule has 2 aromatic carbocycles. The Hall–Kier alpha value is -1.80. The van der Waals surface area contributed by atoms with Crippen molar-refractivity contribution >= 4 is 10.8 Å². The molecule has 2 atom stereocenters. The van der Waals surface area contributed by atoms with Gasteiger partial charge in [-0.1, -0.05) is 48.5 Å². The van der Waals surface area contributed by atoms with E-state index in [9.17, 15) is 0 Å². The molecule has 0 aromatic heterocycles. The molecule has 0 spiro atoms. The van der Waals surface area contributed by atoms with Gasteiger partial charge in [-0.3, -0.25) is 5.32 Å². The van der Waals surface area contributed by atoms with Crippen LogP contribution in [-0.4, -0.2) is 6.17 Å². The lowest BCUT2D eigenvalue weighted by Crippen LogP contribution is -2.40. The lowest BCUT2D eigenvalue weighted by molar-refractivity contribution is 0.399. The maximum absolute atomic E-state index is 3.70. The first kappa shape index (κ1) is 13.2. The van der Waals surface area contributed by atoms with Gasteiger partial charge in [-0.05, 0) is 48.7 Å². The first-order valence-corrected chi connectivity index (χ1v) is 7.49. The molecule has 2 heteroatoms. The summed E-state index contributed by atoms with van der Waals surface area (Å²) >= 11 is 0. The number of nitrogens with one attached hydrogen (secondary N) is 2. The molecule has 20 heavy (non-hydrogen) atoms. The smallest absolute Gasteiger partial charge is 0.0767 e. The topological polar surface area (TPSA) is 24.1 Å². The Labute approximate surface area is 120 Å². The molecule has 0 saturated carbocycles. The van der Waals surface area contributed by atoms with Crippen molar-refractivity contribution in [3.63, 3.8) is 0 Å². The van der Waals surface area contributed by atoms with E-state index in [-0.39, 0.29) is 0 Å². The molecule has 0 amide bonds. The van der Waals surface area contributed by atoms with Crippen LogP contribution in [0.25, 0.3) is 10.8 Å². The highest BCUT2D eigenvalue weighted by Crippen LogP contribution is 2.24. The van der Waals surface area contributed by atoms with E-state index < -0.39 is 0 Å². The second kappa shape index (κ2) is 6.10. The van der Waals surface area contributed by atoms with Crippen molar-refractivity contribution in [2.24, 2.45) is 0 Å². The van der Waals surface area contributed by atoms with Crippen LogP contribution in [0, 0.1) is 0 Å². The molecule has 0 aliphatic carbocycles. The molecular weight excluding hydrogens is 244 g/mol. The van der Waals surface area contributed by atoms with Gasteiger partial charge in [0.05, 0.1) is 6.17 Å². The number of benzene rings is 2. The standard InChI is InChI=1S/C18H22N2/c1-14(20-18-12-3-2-6-13-19-18)16-11-7-9-15-8-4-5-10-17(15)16/h4-11,13-14,18-20H,2-3,12H2,1H3. The van der Waals surface area contributed by atoms with Crippen molar-refractivity contribution in [2.75, 3.05) is 0 Å². The monoisotopic (exact) mass is 266 g/mol. The zero-order valence-corrected chi connectivity index (χ0v) is 12.0. The van der Waals surface area contributed by atoms with Crippen molar-refractivity contribution in [1.29, 1.82) is 0 Å². The number of allylic oxidation sites excluding steroid dienone is 1. The maximum Gasteiger partial charge on any atom is 0.0767 e. The number of hydrogen-bond acceptors (Lipinski definition) is 2. The Kier molecular flexibility index (Phi) is 4.03. The molecule has 104 valence electrons. The molecule has 0 saturated heterocycles. The lowest BCUT2D eigenvalue weighted by atomic mass is 9.99. The second-order valence-electron chi connectivity index (χ2n) is 5.51. The van der Waals surface area contributed by atoms with Crippen LogP contribution in [-0.2, 0) is 0 Å². The average molecular weight is 266 g/mol. The molecule has 3 rings (SSSR count). The molecule has 1 aliphatic rings. The van der Waals surface area contributed by atoms with E-state index in [4.69, 9.17) is 0 Å². The first-order chi connectivity index (χ1) is 9.84. The molecule has 1 heterocycles. The van der Waals surface area contributed by atoms with Gasteiger partial charge in [-0.25, -0.2) is 0 Å². The van der Waals surface area contributed by atoms with E-state index in [1.54, 1.807) is 0 Å². The highest BCUT2D eigenvalue weighted by atomic mass is 15.1. The van der Waals surface area contributed by atoms with Crippen LogP contribution in [0.2, 0.25) is 0 Å². The Morgan fingerprint density at radius 2 is 2.00 bits per heavy atom. The average Bonchev–Trinajstić information content (AvgIpc) is 2.75. The van der Waals surface area contributed by atoms with Gasteiger partial charge in [0.1, 0.15) is 0 Å². The van der Waals surface area contributed by atoms with Crippen LogP contribution in [0.4, 0.5) is 0 Å². The minimum absolute atomic E-state index is 0.338. The van der Waals surface area contributed by atoms with Crippen LogP contribution in [0.15, 0.2) is 54.7 Å². The van der Waals surface area contributed by atoms with Gasteiger partial charge in [0.15, 0.2) is 0 Å². The van der Waals surface area contributed by atoms with Gasteiger partial charge in [0.25, 0.3) is 0 Å². The summed E-state index contributed by atoms with van der Waals surface area (Å²) in [5, 5.41) is 9.80. The molecule has 0 fully saturated rings. The number of rotatable bonds is 3. The van der Waals surface area contributed by atoms with Crippen LogP contribution in [0.3, 0.4) is 0 Å². The van der Waals surface area contributed by atoms with Crippen molar-refractivity contribution in [3.8, 4) is 0 Å². The fraction of sp³-hybridized carbons (Fsp3) is 0.333. The third-order valence-corrected chi connectivity index (χ3v) is 4.02. The quantitative estimate of drug-likeness (QED) is 0.874.